The molecule has 0 aromatic heterocycles. The maximum Gasteiger partial charge on any atom is 0.0577 e. The van der Waals surface area contributed by atoms with Gasteiger partial charge in [0, 0.05) is 6.04 Å². The van der Waals surface area contributed by atoms with E-state index in [0.717, 1.165) is 42.4 Å². The zero-order valence-electron chi connectivity index (χ0n) is 19.8. The normalized spacial score (nSPS) is 46.5. The molecule has 3 fully saturated rings. The number of hydrogen-bond donors (Lipinski definition) is 2. The molecular weight excluding hydrogens is 354 g/mol. The molecule has 0 aliphatic heterocycles. The quantitative estimate of drug-likeness (QED) is 0.529. The summed E-state index contributed by atoms with van der Waals surface area (Å²) in [5.74, 6) is 4.95. The van der Waals surface area contributed by atoms with Crippen molar-refractivity contribution in [2.45, 2.75) is 111 Å². The number of fused-ring (bicyclic) bond motifs is 5. The molecule has 0 heterocycles. The second kappa shape index (κ2) is 7.97. The van der Waals surface area contributed by atoms with Crippen LogP contribution in [0.25, 0.3) is 0 Å². The van der Waals surface area contributed by atoms with E-state index in [9.17, 15) is 5.11 Å². The molecule has 0 radical (unpaired) electrons. The summed E-state index contributed by atoms with van der Waals surface area (Å²) in [6.07, 6.45) is 15.1. The molecule has 2 nitrogen and oxygen atoms in total. The SMILES string of the molecule is CC(C)C(N)CCC(C)C1CCC2C3CC=C4C[C@@H](O)CCC4(C)C3CCC12C. The zero-order valence-corrected chi connectivity index (χ0v) is 19.8. The Balaban J connectivity index is 1.49. The van der Waals surface area contributed by atoms with E-state index in [1.165, 1.54) is 51.4 Å². The predicted molar refractivity (Wildman–Crippen MR) is 122 cm³/mol. The van der Waals surface area contributed by atoms with Gasteiger partial charge in [-0.1, -0.05) is 46.3 Å². The Morgan fingerprint density at radius 3 is 2.52 bits per heavy atom. The van der Waals surface area contributed by atoms with Crippen molar-refractivity contribution >= 4 is 0 Å². The second-order valence-electron chi connectivity index (χ2n) is 12.3. The van der Waals surface area contributed by atoms with Gasteiger partial charge in [-0.3, -0.25) is 0 Å². The van der Waals surface area contributed by atoms with Crippen molar-refractivity contribution in [3.8, 4) is 0 Å². The lowest BCUT2D eigenvalue weighted by Crippen LogP contribution is -2.50. The maximum absolute atomic E-state index is 10.2. The van der Waals surface area contributed by atoms with Gasteiger partial charge < -0.3 is 10.8 Å². The number of allylic oxidation sites excluding steroid dienone is 1. The Morgan fingerprint density at radius 2 is 1.79 bits per heavy atom. The fourth-order valence-corrected chi connectivity index (χ4v) is 8.61. The lowest BCUT2D eigenvalue weighted by atomic mass is 9.47. The summed E-state index contributed by atoms with van der Waals surface area (Å²) < 4.78 is 0. The van der Waals surface area contributed by atoms with Crippen LogP contribution in [0, 0.1) is 46.3 Å². The summed E-state index contributed by atoms with van der Waals surface area (Å²) in [5.41, 5.74) is 8.89. The summed E-state index contributed by atoms with van der Waals surface area (Å²) >= 11 is 0. The molecule has 29 heavy (non-hydrogen) atoms. The van der Waals surface area contributed by atoms with Gasteiger partial charge in [0.15, 0.2) is 0 Å². The molecule has 3 saturated carbocycles. The lowest BCUT2D eigenvalue weighted by Gasteiger charge is -2.58. The molecule has 4 rings (SSSR count). The Hall–Kier alpha value is -0.340. The highest BCUT2D eigenvalue weighted by molar-refractivity contribution is 5.25. The van der Waals surface area contributed by atoms with Gasteiger partial charge >= 0.3 is 0 Å². The van der Waals surface area contributed by atoms with Crippen LogP contribution in [0.3, 0.4) is 0 Å². The van der Waals surface area contributed by atoms with Crippen molar-refractivity contribution < 1.29 is 5.11 Å². The fraction of sp³-hybridized carbons (Fsp3) is 0.926. The Morgan fingerprint density at radius 1 is 1.03 bits per heavy atom. The Bertz CT molecular complexity index is 626. The molecule has 2 heteroatoms. The monoisotopic (exact) mass is 401 g/mol. The van der Waals surface area contributed by atoms with Gasteiger partial charge in [-0.05, 0) is 111 Å². The number of aliphatic hydroxyl groups excluding tert-OH is 1. The summed E-state index contributed by atoms with van der Waals surface area (Å²) in [5, 5.41) is 10.2. The number of aliphatic hydroxyl groups is 1. The third kappa shape index (κ3) is 3.65. The summed E-state index contributed by atoms with van der Waals surface area (Å²) in [6.45, 7) is 12.3. The second-order valence-corrected chi connectivity index (χ2v) is 12.3. The van der Waals surface area contributed by atoms with Crippen molar-refractivity contribution in [2.75, 3.05) is 0 Å². The van der Waals surface area contributed by atoms with Gasteiger partial charge in [-0.25, -0.2) is 0 Å². The van der Waals surface area contributed by atoms with Crippen molar-refractivity contribution in [1.82, 2.24) is 0 Å². The first-order valence-electron chi connectivity index (χ1n) is 12.8. The van der Waals surface area contributed by atoms with Gasteiger partial charge in [0.1, 0.15) is 0 Å². The molecular formula is C27H47NO. The average molecular weight is 402 g/mol. The maximum atomic E-state index is 10.2. The van der Waals surface area contributed by atoms with Crippen LogP contribution < -0.4 is 5.73 Å². The van der Waals surface area contributed by atoms with Gasteiger partial charge in [0.2, 0.25) is 0 Å². The van der Waals surface area contributed by atoms with E-state index in [1.807, 2.05) is 0 Å². The zero-order chi connectivity index (χ0) is 21.0. The molecule has 8 unspecified atom stereocenters. The molecule has 0 amide bonds. The highest BCUT2D eigenvalue weighted by Gasteiger charge is 2.59. The van der Waals surface area contributed by atoms with Gasteiger partial charge in [-0.2, -0.15) is 0 Å². The predicted octanol–water partition coefficient (Wildman–Crippen LogP) is 6.33. The van der Waals surface area contributed by atoms with Gasteiger partial charge in [-0.15, -0.1) is 0 Å². The van der Waals surface area contributed by atoms with Gasteiger partial charge in [0.25, 0.3) is 0 Å². The van der Waals surface area contributed by atoms with Crippen LogP contribution in [0.15, 0.2) is 11.6 Å². The van der Waals surface area contributed by atoms with E-state index < -0.39 is 0 Å². The molecule has 4 aliphatic carbocycles. The lowest BCUT2D eigenvalue weighted by molar-refractivity contribution is -0.0573. The molecule has 0 spiro atoms. The standard InChI is InChI=1S/C27H47NO/c1-17(2)25(28)11-6-18(3)22-9-10-23-21-8-7-19-16-20(29)12-14-26(19,4)24(21)13-15-27(22,23)5/h7,17-18,20-25,29H,6,8-16,28H2,1-5H3/t18?,20-,21?,22?,23?,24?,25?,26?,27?/m0/s1. The molecule has 3 N–H and O–H groups in total. The van der Waals surface area contributed by atoms with E-state index in [-0.39, 0.29) is 6.10 Å². The topological polar surface area (TPSA) is 46.2 Å². The van der Waals surface area contributed by atoms with Crippen LogP contribution in [0.2, 0.25) is 0 Å². The number of hydrogen-bond acceptors (Lipinski definition) is 2. The molecule has 0 saturated heterocycles. The van der Waals surface area contributed by atoms with Crippen LogP contribution >= 0.6 is 0 Å². The van der Waals surface area contributed by atoms with Crippen LogP contribution in [0.5, 0.6) is 0 Å². The highest BCUT2D eigenvalue weighted by atomic mass is 16.3. The third-order valence-corrected chi connectivity index (χ3v) is 10.6. The number of rotatable bonds is 5. The van der Waals surface area contributed by atoms with E-state index in [2.05, 4.69) is 40.7 Å². The molecule has 0 aromatic rings. The Kier molecular flexibility index (Phi) is 6.01. The summed E-state index contributed by atoms with van der Waals surface area (Å²) in [6, 6.07) is 0.363. The molecule has 166 valence electrons. The molecule has 9 atom stereocenters. The van der Waals surface area contributed by atoms with E-state index >= 15 is 0 Å². The average Bonchev–Trinajstić information content (AvgIpc) is 3.03. The molecule has 0 aromatic carbocycles. The molecule has 0 bridgehead atoms. The van der Waals surface area contributed by atoms with E-state index in [4.69, 9.17) is 5.73 Å². The first-order valence-corrected chi connectivity index (χ1v) is 12.8. The van der Waals surface area contributed by atoms with E-state index in [1.54, 1.807) is 5.57 Å². The van der Waals surface area contributed by atoms with Crippen molar-refractivity contribution in [3.63, 3.8) is 0 Å². The molecule has 4 aliphatic rings. The van der Waals surface area contributed by atoms with Crippen molar-refractivity contribution in [2.24, 2.45) is 52.1 Å². The fourth-order valence-electron chi connectivity index (χ4n) is 8.61. The first kappa shape index (κ1) is 21.9. The van der Waals surface area contributed by atoms with Crippen LogP contribution in [0.1, 0.15) is 98.8 Å². The van der Waals surface area contributed by atoms with Crippen molar-refractivity contribution in [3.05, 3.63) is 11.6 Å². The minimum absolute atomic E-state index is 0.0892. The van der Waals surface area contributed by atoms with Crippen molar-refractivity contribution in [1.29, 1.82) is 0 Å². The Labute approximate surface area is 180 Å². The van der Waals surface area contributed by atoms with Crippen LogP contribution in [-0.2, 0) is 0 Å². The largest absolute Gasteiger partial charge is 0.393 e. The minimum atomic E-state index is -0.0892. The van der Waals surface area contributed by atoms with Gasteiger partial charge in [0.05, 0.1) is 6.10 Å². The number of nitrogens with two attached hydrogens (primary N) is 1. The van der Waals surface area contributed by atoms with Crippen LogP contribution in [-0.4, -0.2) is 17.3 Å². The smallest absolute Gasteiger partial charge is 0.0577 e. The highest BCUT2D eigenvalue weighted by Crippen LogP contribution is 2.67. The minimum Gasteiger partial charge on any atom is -0.393 e. The summed E-state index contributed by atoms with van der Waals surface area (Å²) in [4.78, 5) is 0. The van der Waals surface area contributed by atoms with Crippen LogP contribution in [0.4, 0.5) is 0 Å². The third-order valence-electron chi connectivity index (χ3n) is 10.6. The van der Waals surface area contributed by atoms with E-state index in [0.29, 0.717) is 22.8 Å². The first-order chi connectivity index (χ1) is 13.7. The summed E-state index contributed by atoms with van der Waals surface area (Å²) in [7, 11) is 0.